The maximum Gasteiger partial charge on any atom is 0.255 e. The Kier molecular flexibility index (Phi) is 4.79. The Morgan fingerprint density at radius 3 is 2.89 bits per heavy atom. The zero-order chi connectivity index (χ0) is 19.5. The van der Waals surface area contributed by atoms with Crippen LogP contribution in [0.1, 0.15) is 27.0 Å². The van der Waals surface area contributed by atoms with E-state index in [9.17, 15) is 4.79 Å². The molecule has 136 valence electrons. The zero-order valence-corrected chi connectivity index (χ0v) is 15.7. The van der Waals surface area contributed by atoms with Gasteiger partial charge in [-0.05, 0) is 42.8 Å². The summed E-state index contributed by atoms with van der Waals surface area (Å²) in [7, 11) is 0. The van der Waals surface area contributed by atoms with E-state index in [4.69, 9.17) is 11.6 Å². The minimum absolute atomic E-state index is 0.218. The van der Waals surface area contributed by atoms with Crippen molar-refractivity contribution < 1.29 is 4.79 Å². The number of nitrogens with zero attached hydrogens (tertiary/aromatic N) is 3. The van der Waals surface area contributed by atoms with Crippen LogP contribution in [0.5, 0.6) is 0 Å². The van der Waals surface area contributed by atoms with Gasteiger partial charge in [-0.15, -0.1) is 0 Å². The first-order valence-corrected chi connectivity index (χ1v) is 8.95. The zero-order valence-electron chi connectivity index (χ0n) is 15.0. The Labute approximate surface area is 167 Å². The van der Waals surface area contributed by atoms with E-state index in [1.807, 2.05) is 25.3 Å². The van der Waals surface area contributed by atoms with Crippen molar-refractivity contribution in [2.45, 2.75) is 6.92 Å². The highest BCUT2D eigenvalue weighted by Gasteiger charge is 2.08. The fourth-order valence-electron chi connectivity index (χ4n) is 2.68. The summed E-state index contributed by atoms with van der Waals surface area (Å²) in [6, 6.07) is 14.3. The van der Waals surface area contributed by atoms with E-state index < -0.39 is 0 Å². The molecular formula is C22H15ClN4O. The van der Waals surface area contributed by atoms with Crippen LogP contribution in [-0.2, 0) is 0 Å². The first kappa shape index (κ1) is 17.8. The largest absolute Gasteiger partial charge is 0.322 e. The molecule has 2 heterocycles. The molecule has 6 heteroatoms. The van der Waals surface area contributed by atoms with E-state index in [2.05, 4.69) is 27.2 Å². The molecule has 2 aromatic carbocycles. The highest BCUT2D eigenvalue weighted by Crippen LogP contribution is 2.17. The predicted molar refractivity (Wildman–Crippen MR) is 110 cm³/mol. The van der Waals surface area contributed by atoms with Crippen LogP contribution in [0.3, 0.4) is 0 Å². The van der Waals surface area contributed by atoms with Crippen LogP contribution in [0.4, 0.5) is 5.69 Å². The van der Waals surface area contributed by atoms with Crippen molar-refractivity contribution in [2.75, 3.05) is 5.32 Å². The number of hydrogen-bond acceptors (Lipinski definition) is 3. The van der Waals surface area contributed by atoms with Crippen molar-refractivity contribution in [3.8, 4) is 11.8 Å². The first-order valence-electron chi connectivity index (χ1n) is 8.57. The number of carbonyl (C=O) groups is 1. The van der Waals surface area contributed by atoms with Gasteiger partial charge in [0.05, 0.1) is 11.8 Å². The fraction of sp³-hybridized carbons (Fsp3) is 0.0455. The second-order valence-corrected chi connectivity index (χ2v) is 6.66. The number of rotatable bonds is 2. The minimum Gasteiger partial charge on any atom is -0.322 e. The number of hydrogen-bond donors (Lipinski definition) is 1. The van der Waals surface area contributed by atoms with Crippen LogP contribution in [0, 0.1) is 18.8 Å². The molecule has 0 spiro atoms. The van der Waals surface area contributed by atoms with E-state index >= 15 is 0 Å². The number of anilines is 1. The van der Waals surface area contributed by atoms with Gasteiger partial charge in [0.2, 0.25) is 0 Å². The molecule has 1 amide bonds. The maximum absolute atomic E-state index is 12.6. The topological polar surface area (TPSA) is 59.3 Å². The van der Waals surface area contributed by atoms with Gasteiger partial charge in [0.15, 0.2) is 5.65 Å². The molecule has 0 saturated heterocycles. The summed E-state index contributed by atoms with van der Waals surface area (Å²) in [5, 5.41) is 7.57. The van der Waals surface area contributed by atoms with E-state index in [0.717, 1.165) is 22.3 Å². The molecule has 5 nitrogen and oxygen atoms in total. The summed E-state index contributed by atoms with van der Waals surface area (Å²) >= 11 is 5.97. The maximum atomic E-state index is 12.6. The molecule has 1 N–H and O–H groups in total. The second-order valence-electron chi connectivity index (χ2n) is 6.22. The molecule has 0 fully saturated rings. The third-order valence-electron chi connectivity index (χ3n) is 4.17. The lowest BCUT2D eigenvalue weighted by Crippen LogP contribution is -2.12. The summed E-state index contributed by atoms with van der Waals surface area (Å²) in [5.41, 5.74) is 4.44. The SMILES string of the molecule is Cc1ccc(C(=O)Nc2cccc(Cl)c2)cc1C#Cc1cnc2ccnn2c1. The van der Waals surface area contributed by atoms with Gasteiger partial charge in [-0.2, -0.15) is 5.10 Å². The summed E-state index contributed by atoms with van der Waals surface area (Å²) in [5.74, 6) is 5.99. The monoisotopic (exact) mass is 386 g/mol. The summed E-state index contributed by atoms with van der Waals surface area (Å²) < 4.78 is 1.67. The lowest BCUT2D eigenvalue weighted by Gasteiger charge is -2.07. The van der Waals surface area contributed by atoms with E-state index in [0.29, 0.717) is 16.3 Å². The van der Waals surface area contributed by atoms with Crippen LogP contribution in [0.25, 0.3) is 5.65 Å². The van der Waals surface area contributed by atoms with Gasteiger partial charge in [-0.25, -0.2) is 9.50 Å². The Bertz CT molecular complexity index is 1250. The Hall–Kier alpha value is -3.62. The van der Waals surface area contributed by atoms with Gasteiger partial charge >= 0.3 is 0 Å². The molecule has 2 aromatic heterocycles. The second kappa shape index (κ2) is 7.55. The lowest BCUT2D eigenvalue weighted by molar-refractivity contribution is 0.102. The average molecular weight is 387 g/mol. The van der Waals surface area contributed by atoms with Crippen LogP contribution in [0.15, 0.2) is 67.1 Å². The standard InChI is InChI=1S/C22H15ClN4O/c1-15-5-7-18(22(28)26-20-4-2-3-19(23)12-20)11-17(15)8-6-16-13-24-21-9-10-25-27(21)14-16/h2-5,7,9-14H,1H3,(H,26,28). The smallest absolute Gasteiger partial charge is 0.255 e. The van der Waals surface area contributed by atoms with Gasteiger partial charge in [-0.3, -0.25) is 4.79 Å². The molecule has 0 aliphatic heterocycles. The third-order valence-corrected chi connectivity index (χ3v) is 4.41. The van der Waals surface area contributed by atoms with Crippen LogP contribution in [0.2, 0.25) is 5.02 Å². The molecule has 0 aliphatic carbocycles. The van der Waals surface area contributed by atoms with Crippen molar-refractivity contribution >= 4 is 28.8 Å². The number of aromatic nitrogens is 3. The Morgan fingerprint density at radius 1 is 1.14 bits per heavy atom. The Morgan fingerprint density at radius 2 is 2.04 bits per heavy atom. The van der Waals surface area contributed by atoms with Crippen molar-refractivity contribution in [1.82, 2.24) is 14.6 Å². The highest BCUT2D eigenvalue weighted by atomic mass is 35.5. The van der Waals surface area contributed by atoms with Crippen LogP contribution < -0.4 is 5.32 Å². The number of benzene rings is 2. The van der Waals surface area contributed by atoms with Gasteiger partial charge in [0.25, 0.3) is 5.91 Å². The Balaban J connectivity index is 1.59. The van der Waals surface area contributed by atoms with Gasteiger partial charge < -0.3 is 5.32 Å². The van der Waals surface area contributed by atoms with E-state index in [1.165, 1.54) is 0 Å². The van der Waals surface area contributed by atoms with Gasteiger partial charge in [-0.1, -0.05) is 35.6 Å². The molecule has 0 radical (unpaired) electrons. The summed E-state index contributed by atoms with van der Waals surface area (Å²) in [6.45, 7) is 1.96. The average Bonchev–Trinajstić information content (AvgIpc) is 3.15. The first-order chi connectivity index (χ1) is 13.6. The molecule has 4 rings (SSSR count). The molecule has 0 saturated carbocycles. The number of amides is 1. The van der Waals surface area contributed by atoms with Gasteiger partial charge in [0, 0.05) is 40.3 Å². The third kappa shape index (κ3) is 3.88. The number of halogens is 1. The minimum atomic E-state index is -0.218. The van der Waals surface area contributed by atoms with Crippen molar-refractivity contribution in [3.63, 3.8) is 0 Å². The lowest BCUT2D eigenvalue weighted by atomic mass is 10.0. The predicted octanol–water partition coefficient (Wildman–Crippen LogP) is 4.34. The summed E-state index contributed by atoms with van der Waals surface area (Å²) in [6.07, 6.45) is 5.21. The summed E-state index contributed by atoms with van der Waals surface area (Å²) in [4.78, 5) is 16.9. The molecular weight excluding hydrogens is 372 g/mol. The molecule has 0 aliphatic rings. The van der Waals surface area contributed by atoms with Crippen molar-refractivity contribution in [2.24, 2.45) is 0 Å². The number of nitrogens with one attached hydrogen (secondary N) is 1. The van der Waals surface area contributed by atoms with E-state index in [1.54, 1.807) is 53.3 Å². The number of carbonyl (C=O) groups excluding carboxylic acids is 1. The molecule has 4 aromatic rings. The molecule has 28 heavy (non-hydrogen) atoms. The quantitative estimate of drug-likeness (QED) is 0.521. The van der Waals surface area contributed by atoms with Crippen molar-refractivity contribution in [1.29, 1.82) is 0 Å². The molecule has 0 bridgehead atoms. The molecule has 0 atom stereocenters. The molecule has 0 unspecified atom stereocenters. The van der Waals surface area contributed by atoms with Crippen LogP contribution in [-0.4, -0.2) is 20.5 Å². The normalized spacial score (nSPS) is 10.4. The highest BCUT2D eigenvalue weighted by molar-refractivity contribution is 6.31. The van der Waals surface area contributed by atoms with Crippen LogP contribution >= 0.6 is 11.6 Å². The van der Waals surface area contributed by atoms with Gasteiger partial charge in [0.1, 0.15) is 0 Å². The fourth-order valence-corrected chi connectivity index (χ4v) is 2.87. The number of fused-ring (bicyclic) bond motifs is 1. The number of aryl methyl sites for hydroxylation is 1. The van der Waals surface area contributed by atoms with Crippen molar-refractivity contribution in [3.05, 3.63) is 94.4 Å². The van der Waals surface area contributed by atoms with E-state index in [-0.39, 0.29) is 5.91 Å².